The summed E-state index contributed by atoms with van der Waals surface area (Å²) in [7, 11) is 2.58. The van der Waals surface area contributed by atoms with Crippen molar-refractivity contribution < 1.29 is 27.6 Å². The van der Waals surface area contributed by atoms with Crippen LogP contribution in [0.1, 0.15) is 40.1 Å². The maximum absolute atomic E-state index is 12.9. The number of alkyl halides is 3. The monoisotopic (exact) mass is 342 g/mol. The Morgan fingerprint density at radius 2 is 1.88 bits per heavy atom. The minimum absolute atomic E-state index is 0.0569. The van der Waals surface area contributed by atoms with E-state index in [1.165, 1.54) is 20.2 Å². The number of carbonyl (C=O) groups is 2. The maximum Gasteiger partial charge on any atom is 0.454 e. The minimum atomic E-state index is -5.05. The number of halogens is 3. The number of amides is 1. The lowest BCUT2D eigenvalue weighted by molar-refractivity contribution is -0.0885. The van der Waals surface area contributed by atoms with Crippen LogP contribution in [0.3, 0.4) is 0 Å². The van der Waals surface area contributed by atoms with E-state index in [1.54, 1.807) is 26.0 Å². The maximum atomic E-state index is 12.9. The molecule has 8 heteroatoms. The Balaban J connectivity index is 2.65. The van der Waals surface area contributed by atoms with E-state index < -0.39 is 29.0 Å². The summed E-state index contributed by atoms with van der Waals surface area (Å²) in [6.07, 6.45) is -1.72. The zero-order valence-corrected chi connectivity index (χ0v) is 13.6. The number of ketones is 1. The topological polar surface area (TPSA) is 58.6 Å². The fourth-order valence-corrected chi connectivity index (χ4v) is 2.32. The molecule has 2 rings (SSSR count). The molecule has 1 aliphatic rings. The van der Waals surface area contributed by atoms with Gasteiger partial charge in [-0.15, -0.1) is 0 Å². The van der Waals surface area contributed by atoms with Gasteiger partial charge in [-0.05, 0) is 31.5 Å². The highest BCUT2D eigenvalue weighted by molar-refractivity contribution is 6.09. The van der Waals surface area contributed by atoms with Crippen LogP contribution in [0.2, 0.25) is 0 Å². The van der Waals surface area contributed by atoms with E-state index in [2.05, 4.69) is 5.32 Å². The fraction of sp³-hybridized carbons (Fsp3) is 0.375. The normalized spacial score (nSPS) is 15.5. The average molecular weight is 342 g/mol. The van der Waals surface area contributed by atoms with Gasteiger partial charge in [0.25, 0.3) is 11.7 Å². The molecule has 130 valence electrons. The van der Waals surface area contributed by atoms with Crippen LogP contribution in [0.15, 0.2) is 18.2 Å². The van der Waals surface area contributed by atoms with Crippen LogP contribution in [0, 0.1) is 0 Å². The predicted octanol–water partition coefficient (Wildman–Crippen LogP) is 3.28. The highest BCUT2D eigenvalue weighted by atomic mass is 19.4. The molecule has 1 amide bonds. The van der Waals surface area contributed by atoms with Gasteiger partial charge in [-0.25, -0.2) is 5.06 Å². The lowest BCUT2D eigenvalue weighted by atomic mass is 9.91. The number of nitrogens with zero attached hydrogens (tertiary/aromatic N) is 1. The summed E-state index contributed by atoms with van der Waals surface area (Å²) in [5, 5.41) is 3.77. The third-order valence-corrected chi connectivity index (χ3v) is 3.60. The van der Waals surface area contributed by atoms with Crippen LogP contribution in [0.25, 0.3) is 6.08 Å². The Morgan fingerprint density at radius 3 is 2.42 bits per heavy atom. The van der Waals surface area contributed by atoms with Crippen molar-refractivity contribution in [3.05, 3.63) is 34.9 Å². The highest BCUT2D eigenvalue weighted by Crippen LogP contribution is 2.36. The van der Waals surface area contributed by atoms with Gasteiger partial charge in [-0.2, -0.15) is 13.2 Å². The highest BCUT2D eigenvalue weighted by Gasteiger charge is 2.42. The molecule has 0 spiro atoms. The van der Waals surface area contributed by atoms with E-state index in [4.69, 9.17) is 4.84 Å². The third-order valence-electron chi connectivity index (χ3n) is 3.60. The van der Waals surface area contributed by atoms with Crippen molar-refractivity contribution in [3.63, 3.8) is 0 Å². The zero-order chi connectivity index (χ0) is 18.3. The molecule has 1 heterocycles. The van der Waals surface area contributed by atoms with Crippen LogP contribution in [0.5, 0.6) is 0 Å². The summed E-state index contributed by atoms with van der Waals surface area (Å²) in [5.74, 6) is -2.66. The van der Waals surface area contributed by atoms with Crippen molar-refractivity contribution in [2.24, 2.45) is 0 Å². The summed E-state index contributed by atoms with van der Waals surface area (Å²) < 4.78 is 38.8. The van der Waals surface area contributed by atoms with Crippen molar-refractivity contribution in [2.75, 3.05) is 19.5 Å². The number of benzene rings is 1. The molecule has 1 aliphatic heterocycles. The Morgan fingerprint density at radius 1 is 1.25 bits per heavy atom. The molecule has 0 aliphatic carbocycles. The van der Waals surface area contributed by atoms with Crippen LogP contribution < -0.4 is 5.32 Å². The van der Waals surface area contributed by atoms with Gasteiger partial charge >= 0.3 is 6.18 Å². The van der Waals surface area contributed by atoms with Gasteiger partial charge < -0.3 is 5.32 Å². The smallest absolute Gasteiger partial charge is 0.376 e. The minimum Gasteiger partial charge on any atom is -0.376 e. The number of fused-ring (bicyclic) bond motifs is 1. The number of hydroxylamine groups is 2. The number of anilines is 1. The molecule has 1 N–H and O–H groups in total. The van der Waals surface area contributed by atoms with E-state index in [0.717, 1.165) is 11.1 Å². The third kappa shape index (κ3) is 3.43. The predicted molar refractivity (Wildman–Crippen MR) is 82.7 cm³/mol. The van der Waals surface area contributed by atoms with E-state index in [9.17, 15) is 22.8 Å². The van der Waals surface area contributed by atoms with Gasteiger partial charge in [0.15, 0.2) is 0 Å². The lowest BCUT2D eigenvalue weighted by Crippen LogP contribution is -2.34. The van der Waals surface area contributed by atoms with E-state index in [-0.39, 0.29) is 11.3 Å². The molecule has 0 fully saturated rings. The molecule has 0 bridgehead atoms. The van der Waals surface area contributed by atoms with E-state index in [1.807, 2.05) is 0 Å². The van der Waals surface area contributed by atoms with Gasteiger partial charge in [0, 0.05) is 12.6 Å². The van der Waals surface area contributed by atoms with Crippen LogP contribution in [0.4, 0.5) is 18.9 Å². The molecule has 1 aromatic carbocycles. The molecule has 0 aromatic heterocycles. The summed E-state index contributed by atoms with van der Waals surface area (Å²) >= 11 is 0. The molecule has 1 aromatic rings. The number of nitrogens with one attached hydrogen (secondary N) is 1. The van der Waals surface area contributed by atoms with Crippen molar-refractivity contribution in [2.45, 2.75) is 25.6 Å². The first-order valence-electron chi connectivity index (χ1n) is 7.05. The molecule has 0 unspecified atom stereocenters. The number of hydrogen-bond acceptors (Lipinski definition) is 4. The Bertz CT molecular complexity index is 724. The summed E-state index contributed by atoms with van der Waals surface area (Å²) in [4.78, 5) is 28.7. The quantitative estimate of drug-likeness (QED) is 0.676. The second-order valence-electron chi connectivity index (χ2n) is 5.98. The largest absolute Gasteiger partial charge is 0.454 e. The van der Waals surface area contributed by atoms with Crippen molar-refractivity contribution >= 4 is 23.5 Å². The summed E-state index contributed by atoms with van der Waals surface area (Å²) in [6.45, 7) is 3.51. The number of carbonyl (C=O) groups excluding carboxylic acids is 2. The van der Waals surface area contributed by atoms with Gasteiger partial charge in [0.05, 0.1) is 23.9 Å². The zero-order valence-electron chi connectivity index (χ0n) is 13.6. The Hall–Kier alpha value is -2.35. The van der Waals surface area contributed by atoms with E-state index in [0.29, 0.717) is 5.56 Å². The molecule has 0 saturated heterocycles. The van der Waals surface area contributed by atoms with Crippen molar-refractivity contribution in [1.29, 1.82) is 0 Å². The number of Topliss-reactive ketones (excluding diaryl/α,β-unsaturated/α-hetero) is 1. The van der Waals surface area contributed by atoms with Crippen LogP contribution in [-0.4, -0.2) is 42.6 Å². The first-order valence-corrected chi connectivity index (χ1v) is 7.05. The standard InChI is InChI=1S/C16H17F3N2O3/c1-15(2)6-5-9-7-10(14(23)21(3)24-4)8-11(12(9)20-15)13(22)16(17,18)19/h5-8,20H,1-4H3. The Labute approximate surface area is 137 Å². The molecule has 0 saturated carbocycles. The number of hydrogen-bond donors (Lipinski definition) is 1. The molecule has 5 nitrogen and oxygen atoms in total. The lowest BCUT2D eigenvalue weighted by Gasteiger charge is -2.31. The molecule has 0 atom stereocenters. The first kappa shape index (κ1) is 18.0. The van der Waals surface area contributed by atoms with Crippen LogP contribution in [-0.2, 0) is 4.84 Å². The average Bonchev–Trinajstić information content (AvgIpc) is 2.50. The SMILES string of the molecule is CON(C)C(=O)c1cc2c(c(C(=O)C(F)(F)F)c1)NC(C)(C)C=C2. The molecule has 24 heavy (non-hydrogen) atoms. The van der Waals surface area contributed by atoms with Crippen molar-refractivity contribution in [3.8, 4) is 0 Å². The first-order chi connectivity index (χ1) is 11.0. The summed E-state index contributed by atoms with van der Waals surface area (Å²) in [5.41, 5.74) is -0.900. The summed E-state index contributed by atoms with van der Waals surface area (Å²) in [6, 6.07) is 2.35. The van der Waals surface area contributed by atoms with Crippen LogP contribution >= 0.6 is 0 Å². The second kappa shape index (κ2) is 5.94. The van der Waals surface area contributed by atoms with Crippen molar-refractivity contribution in [1.82, 2.24) is 5.06 Å². The molecule has 0 radical (unpaired) electrons. The van der Waals surface area contributed by atoms with Gasteiger partial charge in [-0.1, -0.05) is 12.2 Å². The van der Waals surface area contributed by atoms with Gasteiger partial charge in [0.1, 0.15) is 0 Å². The number of rotatable bonds is 3. The molecular formula is C16H17F3N2O3. The van der Waals surface area contributed by atoms with Gasteiger partial charge in [-0.3, -0.25) is 14.4 Å². The second-order valence-corrected chi connectivity index (χ2v) is 5.98. The Kier molecular flexibility index (Phi) is 4.45. The van der Waals surface area contributed by atoms with E-state index >= 15 is 0 Å². The van der Waals surface area contributed by atoms with Gasteiger partial charge in [0.2, 0.25) is 0 Å². The fourth-order valence-electron chi connectivity index (χ4n) is 2.32. The molecular weight excluding hydrogens is 325 g/mol.